The van der Waals surface area contributed by atoms with E-state index < -0.39 is 0 Å². The first-order valence-electron chi connectivity index (χ1n) is 6.81. The zero-order valence-corrected chi connectivity index (χ0v) is 11.7. The number of nitrogens with zero attached hydrogens (tertiary/aromatic N) is 3. The standard InChI is InChI=1S/C13H23N5O/c1-18(10-6-4-3-5-7-10)13-8-11(17-14)15-12(16-13)9-19-2/h8,10H,3-7,9,14H2,1-2H3,(H,15,16,17). The fourth-order valence-corrected chi connectivity index (χ4v) is 2.59. The van der Waals surface area contributed by atoms with Crippen molar-refractivity contribution in [1.29, 1.82) is 0 Å². The van der Waals surface area contributed by atoms with Gasteiger partial charge in [-0.3, -0.25) is 0 Å². The molecule has 0 amide bonds. The second-order valence-electron chi connectivity index (χ2n) is 5.01. The van der Waals surface area contributed by atoms with Crippen LogP contribution in [0.3, 0.4) is 0 Å². The lowest BCUT2D eigenvalue weighted by atomic mass is 9.94. The Bertz CT molecular complexity index is 406. The van der Waals surface area contributed by atoms with Gasteiger partial charge in [0.05, 0.1) is 0 Å². The molecule has 0 atom stereocenters. The molecule has 3 N–H and O–H groups in total. The summed E-state index contributed by atoms with van der Waals surface area (Å²) in [6, 6.07) is 2.44. The predicted octanol–water partition coefficient (Wildman–Crippen LogP) is 1.68. The van der Waals surface area contributed by atoms with Crippen LogP contribution in [0.2, 0.25) is 0 Å². The fourth-order valence-electron chi connectivity index (χ4n) is 2.59. The van der Waals surface area contributed by atoms with E-state index in [0.717, 1.165) is 5.82 Å². The third kappa shape index (κ3) is 3.54. The number of nitrogens with one attached hydrogen (secondary N) is 1. The van der Waals surface area contributed by atoms with Gasteiger partial charge in [0.25, 0.3) is 0 Å². The minimum absolute atomic E-state index is 0.390. The molecule has 1 aliphatic carbocycles. The SMILES string of the molecule is COCc1nc(NN)cc(N(C)C2CCCCC2)n1. The topological polar surface area (TPSA) is 76.3 Å². The van der Waals surface area contributed by atoms with Crippen molar-refractivity contribution >= 4 is 11.6 Å². The Morgan fingerprint density at radius 2 is 2.11 bits per heavy atom. The largest absolute Gasteiger partial charge is 0.377 e. The average Bonchev–Trinajstić information content (AvgIpc) is 2.47. The minimum atomic E-state index is 0.390. The molecule has 0 aromatic carbocycles. The van der Waals surface area contributed by atoms with Gasteiger partial charge in [0.15, 0.2) is 5.82 Å². The lowest BCUT2D eigenvalue weighted by Crippen LogP contribution is -2.34. The normalized spacial score (nSPS) is 16.4. The molecule has 0 aliphatic heterocycles. The first-order valence-corrected chi connectivity index (χ1v) is 6.81. The molecule has 6 nitrogen and oxygen atoms in total. The van der Waals surface area contributed by atoms with Crippen LogP contribution in [0.4, 0.5) is 11.6 Å². The molecule has 2 rings (SSSR count). The highest BCUT2D eigenvalue weighted by Gasteiger charge is 2.20. The zero-order chi connectivity index (χ0) is 13.7. The van der Waals surface area contributed by atoms with E-state index >= 15 is 0 Å². The van der Waals surface area contributed by atoms with Gasteiger partial charge in [0.1, 0.15) is 18.2 Å². The van der Waals surface area contributed by atoms with Gasteiger partial charge >= 0.3 is 0 Å². The Hall–Kier alpha value is -1.40. The summed E-state index contributed by atoms with van der Waals surface area (Å²) in [4.78, 5) is 11.0. The van der Waals surface area contributed by atoms with E-state index in [9.17, 15) is 0 Å². The number of rotatable bonds is 5. The maximum Gasteiger partial charge on any atom is 0.158 e. The summed E-state index contributed by atoms with van der Waals surface area (Å²) in [7, 11) is 3.73. The van der Waals surface area contributed by atoms with Crippen molar-refractivity contribution in [3.63, 3.8) is 0 Å². The summed E-state index contributed by atoms with van der Waals surface area (Å²) in [5.41, 5.74) is 2.59. The lowest BCUT2D eigenvalue weighted by Gasteiger charge is -2.32. The first kappa shape index (κ1) is 14.0. The Labute approximate surface area is 114 Å². The molecule has 106 valence electrons. The highest BCUT2D eigenvalue weighted by Crippen LogP contribution is 2.26. The van der Waals surface area contributed by atoms with Crippen LogP contribution in [-0.2, 0) is 11.3 Å². The average molecular weight is 265 g/mol. The van der Waals surface area contributed by atoms with E-state index in [4.69, 9.17) is 10.6 Å². The molecule has 1 aromatic rings. The fraction of sp³-hybridized carbons (Fsp3) is 0.692. The molecule has 1 aromatic heterocycles. The van der Waals surface area contributed by atoms with Crippen LogP contribution in [0.5, 0.6) is 0 Å². The third-order valence-corrected chi connectivity index (χ3v) is 3.66. The number of hydrogen-bond acceptors (Lipinski definition) is 6. The van der Waals surface area contributed by atoms with E-state index in [0.29, 0.717) is 24.3 Å². The van der Waals surface area contributed by atoms with E-state index in [1.165, 1.54) is 32.1 Å². The Kier molecular flexibility index (Phi) is 4.93. The molecule has 0 spiro atoms. The molecule has 1 heterocycles. The smallest absolute Gasteiger partial charge is 0.158 e. The third-order valence-electron chi connectivity index (χ3n) is 3.66. The number of methoxy groups -OCH3 is 1. The van der Waals surface area contributed by atoms with Crippen LogP contribution in [0, 0.1) is 0 Å². The second-order valence-corrected chi connectivity index (χ2v) is 5.01. The number of anilines is 2. The monoisotopic (exact) mass is 265 g/mol. The van der Waals surface area contributed by atoms with Gasteiger partial charge in [-0.05, 0) is 12.8 Å². The maximum atomic E-state index is 5.46. The Morgan fingerprint density at radius 1 is 1.37 bits per heavy atom. The van der Waals surface area contributed by atoms with Crippen LogP contribution >= 0.6 is 0 Å². The maximum absolute atomic E-state index is 5.46. The molecule has 0 radical (unpaired) electrons. The summed E-state index contributed by atoms with van der Waals surface area (Å²) in [5.74, 6) is 7.64. The summed E-state index contributed by atoms with van der Waals surface area (Å²) in [6.07, 6.45) is 6.40. The number of nitrogens with two attached hydrogens (primary N) is 1. The Morgan fingerprint density at radius 3 is 2.74 bits per heavy atom. The number of ether oxygens (including phenoxy) is 1. The molecular weight excluding hydrogens is 242 g/mol. The van der Waals surface area contributed by atoms with Crippen LogP contribution in [0.1, 0.15) is 37.9 Å². The van der Waals surface area contributed by atoms with Gasteiger partial charge in [0, 0.05) is 26.3 Å². The zero-order valence-electron chi connectivity index (χ0n) is 11.7. The van der Waals surface area contributed by atoms with Crippen LogP contribution in [0.15, 0.2) is 6.07 Å². The van der Waals surface area contributed by atoms with Gasteiger partial charge < -0.3 is 15.1 Å². The van der Waals surface area contributed by atoms with Crippen molar-refractivity contribution < 1.29 is 4.74 Å². The number of aromatic nitrogens is 2. The molecule has 1 fully saturated rings. The minimum Gasteiger partial charge on any atom is -0.377 e. The van der Waals surface area contributed by atoms with Gasteiger partial charge in [-0.1, -0.05) is 19.3 Å². The van der Waals surface area contributed by atoms with E-state index in [1.54, 1.807) is 7.11 Å². The van der Waals surface area contributed by atoms with Crippen LogP contribution in [-0.4, -0.2) is 30.2 Å². The highest BCUT2D eigenvalue weighted by atomic mass is 16.5. The van der Waals surface area contributed by atoms with Crippen LogP contribution < -0.4 is 16.2 Å². The number of hydrazine groups is 1. The van der Waals surface area contributed by atoms with E-state index in [1.807, 2.05) is 6.07 Å². The molecule has 0 unspecified atom stereocenters. The molecule has 0 bridgehead atoms. The molecule has 1 aliphatic rings. The van der Waals surface area contributed by atoms with Crippen molar-refractivity contribution in [2.45, 2.75) is 44.8 Å². The molecule has 1 saturated carbocycles. The number of hydrogen-bond donors (Lipinski definition) is 2. The van der Waals surface area contributed by atoms with Crippen molar-refractivity contribution in [3.05, 3.63) is 11.9 Å². The van der Waals surface area contributed by atoms with Crippen LogP contribution in [0.25, 0.3) is 0 Å². The van der Waals surface area contributed by atoms with Crippen molar-refractivity contribution in [2.24, 2.45) is 5.84 Å². The van der Waals surface area contributed by atoms with E-state index in [-0.39, 0.29) is 0 Å². The Balaban J connectivity index is 2.18. The van der Waals surface area contributed by atoms with Gasteiger partial charge in [0.2, 0.25) is 0 Å². The van der Waals surface area contributed by atoms with Gasteiger partial charge in [-0.25, -0.2) is 15.8 Å². The highest BCUT2D eigenvalue weighted by molar-refractivity contribution is 5.49. The summed E-state index contributed by atoms with van der Waals surface area (Å²) in [5, 5.41) is 0. The van der Waals surface area contributed by atoms with Crippen molar-refractivity contribution in [1.82, 2.24) is 9.97 Å². The molecular formula is C13H23N5O. The van der Waals surface area contributed by atoms with Gasteiger partial charge in [-0.2, -0.15) is 0 Å². The summed E-state index contributed by atoms with van der Waals surface area (Å²) >= 11 is 0. The van der Waals surface area contributed by atoms with E-state index in [2.05, 4.69) is 27.3 Å². The van der Waals surface area contributed by atoms with Gasteiger partial charge in [-0.15, -0.1) is 0 Å². The van der Waals surface area contributed by atoms with Crippen molar-refractivity contribution in [2.75, 3.05) is 24.5 Å². The molecule has 6 heteroatoms. The first-order chi connectivity index (χ1) is 9.24. The summed E-state index contributed by atoms with van der Waals surface area (Å²) < 4.78 is 5.10. The number of nitrogen functional groups attached to an aromatic ring is 1. The summed E-state index contributed by atoms with van der Waals surface area (Å²) in [6.45, 7) is 0.390. The van der Waals surface area contributed by atoms with Crippen molar-refractivity contribution in [3.8, 4) is 0 Å². The predicted molar refractivity (Wildman–Crippen MR) is 75.8 cm³/mol. The second kappa shape index (κ2) is 6.68. The molecule has 0 saturated heterocycles. The quantitative estimate of drug-likeness (QED) is 0.623. The molecule has 19 heavy (non-hydrogen) atoms. The lowest BCUT2D eigenvalue weighted by molar-refractivity contribution is 0.178.